The van der Waals surface area contributed by atoms with Gasteiger partial charge in [-0.1, -0.05) is 20.8 Å². The SMILES string of the molecule is CC(C)(C)Cn1cnc2c(=O)[nH]c(N)nc21. The molecular formula is C10H15N5O. The Morgan fingerprint density at radius 1 is 1.50 bits per heavy atom. The zero-order valence-corrected chi connectivity index (χ0v) is 9.61. The summed E-state index contributed by atoms with van der Waals surface area (Å²) in [6.07, 6.45) is 1.62. The molecule has 0 aliphatic rings. The molecule has 0 bridgehead atoms. The van der Waals surface area contributed by atoms with Crippen molar-refractivity contribution < 1.29 is 0 Å². The van der Waals surface area contributed by atoms with Crippen molar-refractivity contribution in [2.45, 2.75) is 27.3 Å². The summed E-state index contributed by atoms with van der Waals surface area (Å²) >= 11 is 0. The Morgan fingerprint density at radius 2 is 2.19 bits per heavy atom. The van der Waals surface area contributed by atoms with E-state index in [1.807, 2.05) is 4.57 Å². The summed E-state index contributed by atoms with van der Waals surface area (Å²) in [6, 6.07) is 0. The summed E-state index contributed by atoms with van der Waals surface area (Å²) in [7, 11) is 0. The van der Waals surface area contributed by atoms with Crippen LogP contribution < -0.4 is 11.3 Å². The molecule has 0 aliphatic carbocycles. The smallest absolute Gasteiger partial charge is 0.280 e. The van der Waals surface area contributed by atoms with Crippen molar-refractivity contribution in [3.63, 3.8) is 0 Å². The molecule has 2 aromatic rings. The van der Waals surface area contributed by atoms with E-state index < -0.39 is 0 Å². The Bertz CT molecular complexity index is 575. The topological polar surface area (TPSA) is 89.6 Å². The van der Waals surface area contributed by atoms with Gasteiger partial charge in [0.1, 0.15) is 0 Å². The van der Waals surface area contributed by atoms with E-state index in [0.29, 0.717) is 11.2 Å². The number of hydrogen-bond acceptors (Lipinski definition) is 4. The Kier molecular flexibility index (Phi) is 2.22. The minimum atomic E-state index is -0.296. The van der Waals surface area contributed by atoms with Crippen LogP contribution in [0.5, 0.6) is 0 Å². The number of nitrogens with zero attached hydrogens (tertiary/aromatic N) is 3. The van der Waals surface area contributed by atoms with Crippen LogP contribution in [0.1, 0.15) is 20.8 Å². The van der Waals surface area contributed by atoms with Crippen molar-refractivity contribution in [2.24, 2.45) is 5.41 Å². The second kappa shape index (κ2) is 3.33. The Morgan fingerprint density at radius 3 is 2.81 bits per heavy atom. The summed E-state index contributed by atoms with van der Waals surface area (Å²) in [5.41, 5.74) is 6.17. The van der Waals surface area contributed by atoms with Gasteiger partial charge in [0.25, 0.3) is 5.56 Å². The third kappa shape index (κ3) is 1.91. The first-order chi connectivity index (χ1) is 7.37. The minimum Gasteiger partial charge on any atom is -0.369 e. The van der Waals surface area contributed by atoms with E-state index in [1.54, 1.807) is 6.33 Å². The lowest BCUT2D eigenvalue weighted by atomic mass is 9.97. The van der Waals surface area contributed by atoms with E-state index in [4.69, 9.17) is 5.73 Å². The van der Waals surface area contributed by atoms with E-state index in [1.165, 1.54) is 0 Å². The van der Waals surface area contributed by atoms with Gasteiger partial charge in [-0.15, -0.1) is 0 Å². The number of nitrogens with two attached hydrogens (primary N) is 1. The number of rotatable bonds is 1. The first kappa shape index (κ1) is 10.7. The number of hydrogen-bond donors (Lipinski definition) is 2. The third-order valence-corrected chi connectivity index (χ3v) is 2.14. The molecule has 0 atom stereocenters. The molecule has 2 heterocycles. The lowest BCUT2D eigenvalue weighted by Gasteiger charge is -2.18. The molecule has 0 saturated heterocycles. The van der Waals surface area contributed by atoms with Crippen LogP contribution in [-0.4, -0.2) is 19.5 Å². The predicted molar refractivity (Wildman–Crippen MR) is 62.0 cm³/mol. The Balaban J connectivity index is 2.60. The molecule has 0 unspecified atom stereocenters. The fraction of sp³-hybridized carbons (Fsp3) is 0.500. The maximum absolute atomic E-state index is 11.5. The fourth-order valence-electron chi connectivity index (χ4n) is 1.60. The quantitative estimate of drug-likeness (QED) is 0.743. The Labute approximate surface area is 92.5 Å². The molecule has 0 radical (unpaired) electrons. The number of nitrogens with one attached hydrogen (secondary N) is 1. The number of nitrogen functional groups attached to an aromatic ring is 1. The molecule has 6 nitrogen and oxygen atoms in total. The molecule has 86 valence electrons. The third-order valence-electron chi connectivity index (χ3n) is 2.14. The summed E-state index contributed by atoms with van der Waals surface area (Å²) in [5, 5.41) is 0. The first-order valence-corrected chi connectivity index (χ1v) is 5.07. The number of aromatic amines is 1. The molecule has 6 heteroatoms. The number of imidazole rings is 1. The highest BCUT2D eigenvalue weighted by Gasteiger charge is 2.15. The summed E-state index contributed by atoms with van der Waals surface area (Å²) < 4.78 is 1.85. The van der Waals surface area contributed by atoms with Crippen LogP contribution >= 0.6 is 0 Å². The minimum absolute atomic E-state index is 0.0900. The lowest BCUT2D eigenvalue weighted by Crippen LogP contribution is -2.17. The average Bonchev–Trinajstić information content (AvgIpc) is 2.46. The van der Waals surface area contributed by atoms with Crippen molar-refractivity contribution in [1.29, 1.82) is 0 Å². The zero-order chi connectivity index (χ0) is 11.9. The molecule has 0 saturated carbocycles. The standard InChI is InChI=1S/C10H15N5O/c1-10(2,3)4-15-5-12-6-7(15)13-9(11)14-8(6)16/h5H,4H2,1-3H3,(H3,11,13,14,16). The highest BCUT2D eigenvalue weighted by Crippen LogP contribution is 2.18. The van der Waals surface area contributed by atoms with Crippen molar-refractivity contribution in [1.82, 2.24) is 19.5 Å². The zero-order valence-electron chi connectivity index (χ0n) is 9.61. The maximum atomic E-state index is 11.5. The van der Waals surface area contributed by atoms with Crippen LogP contribution in [0, 0.1) is 5.41 Å². The van der Waals surface area contributed by atoms with Gasteiger partial charge in [-0.3, -0.25) is 9.78 Å². The number of anilines is 1. The number of H-pyrrole nitrogens is 1. The molecule has 0 spiro atoms. The van der Waals surface area contributed by atoms with Crippen LogP contribution in [0.3, 0.4) is 0 Å². The van der Waals surface area contributed by atoms with E-state index in [2.05, 4.69) is 35.7 Å². The summed E-state index contributed by atoms with van der Waals surface area (Å²) in [6.45, 7) is 7.06. The molecular weight excluding hydrogens is 206 g/mol. The lowest BCUT2D eigenvalue weighted by molar-refractivity contribution is 0.347. The van der Waals surface area contributed by atoms with E-state index in [9.17, 15) is 4.79 Å². The van der Waals surface area contributed by atoms with Crippen LogP contribution in [0.4, 0.5) is 5.95 Å². The van der Waals surface area contributed by atoms with E-state index in [-0.39, 0.29) is 16.9 Å². The van der Waals surface area contributed by atoms with Gasteiger partial charge in [-0.05, 0) is 5.41 Å². The Hall–Kier alpha value is -1.85. The van der Waals surface area contributed by atoms with E-state index >= 15 is 0 Å². The van der Waals surface area contributed by atoms with Gasteiger partial charge in [-0.25, -0.2) is 4.98 Å². The molecule has 16 heavy (non-hydrogen) atoms. The van der Waals surface area contributed by atoms with Gasteiger partial charge in [0, 0.05) is 6.54 Å². The van der Waals surface area contributed by atoms with E-state index in [0.717, 1.165) is 6.54 Å². The maximum Gasteiger partial charge on any atom is 0.280 e. The van der Waals surface area contributed by atoms with Crippen LogP contribution in [0.25, 0.3) is 11.2 Å². The van der Waals surface area contributed by atoms with Gasteiger partial charge >= 0.3 is 0 Å². The molecule has 2 rings (SSSR count). The monoisotopic (exact) mass is 221 g/mol. The largest absolute Gasteiger partial charge is 0.369 e. The van der Waals surface area contributed by atoms with Crippen molar-refractivity contribution in [2.75, 3.05) is 5.73 Å². The van der Waals surface area contributed by atoms with Gasteiger partial charge in [0.05, 0.1) is 6.33 Å². The van der Waals surface area contributed by atoms with Crippen LogP contribution in [-0.2, 0) is 6.54 Å². The van der Waals surface area contributed by atoms with Crippen LogP contribution in [0.15, 0.2) is 11.1 Å². The molecule has 0 aromatic carbocycles. The highest BCUT2D eigenvalue weighted by molar-refractivity contribution is 5.70. The highest BCUT2D eigenvalue weighted by atomic mass is 16.1. The normalized spacial score (nSPS) is 12.2. The van der Waals surface area contributed by atoms with Gasteiger partial charge < -0.3 is 10.3 Å². The molecule has 0 amide bonds. The second-order valence-corrected chi connectivity index (χ2v) is 5.06. The number of aromatic nitrogens is 4. The van der Waals surface area contributed by atoms with Gasteiger partial charge in [0.2, 0.25) is 5.95 Å². The average molecular weight is 221 g/mol. The second-order valence-electron chi connectivity index (χ2n) is 5.06. The molecule has 0 fully saturated rings. The van der Waals surface area contributed by atoms with Crippen LogP contribution in [0.2, 0.25) is 0 Å². The van der Waals surface area contributed by atoms with Gasteiger partial charge in [0.15, 0.2) is 11.2 Å². The van der Waals surface area contributed by atoms with Crippen molar-refractivity contribution in [3.8, 4) is 0 Å². The molecule has 0 aliphatic heterocycles. The first-order valence-electron chi connectivity index (χ1n) is 5.07. The van der Waals surface area contributed by atoms with Gasteiger partial charge in [-0.2, -0.15) is 4.98 Å². The molecule has 3 N–H and O–H groups in total. The summed E-state index contributed by atoms with van der Waals surface area (Å²) in [4.78, 5) is 22.1. The predicted octanol–water partition coefficient (Wildman–Crippen LogP) is 0.748. The van der Waals surface area contributed by atoms with Crippen molar-refractivity contribution in [3.05, 3.63) is 16.7 Å². The fourth-order valence-corrected chi connectivity index (χ4v) is 1.60. The number of fused-ring (bicyclic) bond motifs is 1. The van der Waals surface area contributed by atoms with Crippen molar-refractivity contribution >= 4 is 17.1 Å². The summed E-state index contributed by atoms with van der Waals surface area (Å²) in [5.74, 6) is 0.119. The molecule has 2 aromatic heterocycles.